The molecule has 0 aliphatic carbocycles. The Morgan fingerprint density at radius 1 is 1.33 bits per heavy atom. The van der Waals surface area contributed by atoms with Crippen molar-refractivity contribution < 1.29 is 9.53 Å². The maximum absolute atomic E-state index is 10.4. The molecule has 0 bridgehead atoms. The zero-order valence-electron chi connectivity index (χ0n) is 19.7. The lowest BCUT2D eigenvalue weighted by atomic mass is 9.91. The molecule has 2 aromatic rings. The van der Waals surface area contributed by atoms with Crippen LogP contribution in [0.2, 0.25) is 10.0 Å². The summed E-state index contributed by atoms with van der Waals surface area (Å²) in [6.07, 6.45) is 3.71. The Balaban J connectivity index is 0.000000294. The van der Waals surface area contributed by atoms with Crippen LogP contribution in [-0.2, 0) is 5.75 Å². The van der Waals surface area contributed by atoms with Crippen molar-refractivity contribution in [1.29, 1.82) is 0 Å². The maximum atomic E-state index is 10.4. The average Bonchev–Trinajstić information content (AvgIpc) is 2.80. The molecule has 0 saturated carbocycles. The zero-order chi connectivity index (χ0) is 24.5. The Hall–Kier alpha value is -1.99. The summed E-state index contributed by atoms with van der Waals surface area (Å²) >= 11 is 13.8. The van der Waals surface area contributed by atoms with Gasteiger partial charge in [0.25, 0.3) is 0 Å². The number of nitrogens with zero attached hydrogens (tertiary/aromatic N) is 2. The van der Waals surface area contributed by atoms with Gasteiger partial charge >= 0.3 is 0 Å². The van der Waals surface area contributed by atoms with Crippen molar-refractivity contribution in [2.45, 2.75) is 25.1 Å². The van der Waals surface area contributed by atoms with Crippen LogP contribution >= 0.6 is 35.0 Å². The van der Waals surface area contributed by atoms with Crippen LogP contribution in [0.4, 0.5) is 0 Å². The molecule has 2 aromatic carbocycles. The minimum absolute atomic E-state index is 0.241. The first kappa shape index (κ1) is 27.3. The van der Waals surface area contributed by atoms with Crippen LogP contribution in [0.3, 0.4) is 0 Å². The molecular formula is C25H31Cl2N3O2S. The molecule has 0 aromatic heterocycles. The number of likely N-dealkylation sites (N-methyl/N-ethyl adjacent to an activating group) is 1. The van der Waals surface area contributed by atoms with Crippen LogP contribution in [0.15, 0.2) is 52.7 Å². The van der Waals surface area contributed by atoms with E-state index in [1.807, 2.05) is 19.2 Å². The summed E-state index contributed by atoms with van der Waals surface area (Å²) < 4.78 is 4.90. The average molecular weight is 509 g/mol. The molecule has 1 aliphatic heterocycles. The van der Waals surface area contributed by atoms with E-state index < -0.39 is 0 Å². The van der Waals surface area contributed by atoms with E-state index in [-0.39, 0.29) is 6.04 Å². The van der Waals surface area contributed by atoms with Gasteiger partial charge in [-0.3, -0.25) is 14.7 Å². The van der Waals surface area contributed by atoms with E-state index in [0.717, 1.165) is 46.3 Å². The van der Waals surface area contributed by atoms with E-state index in [4.69, 9.17) is 33.7 Å². The second-order valence-electron chi connectivity index (χ2n) is 7.68. The van der Waals surface area contributed by atoms with E-state index in [9.17, 15) is 4.79 Å². The number of carbonyl (C=O) groups excluding carboxylic acids is 1. The topological polar surface area (TPSA) is 67.9 Å². The Labute approximate surface area is 211 Å². The molecule has 1 atom stereocenters. The molecular weight excluding hydrogens is 477 g/mol. The molecule has 1 aliphatic rings. The number of thioether (sulfide) groups is 1. The summed E-state index contributed by atoms with van der Waals surface area (Å²) in [6, 6.07) is 11.5. The van der Waals surface area contributed by atoms with Crippen LogP contribution < -0.4 is 10.5 Å². The fraction of sp³-hybridized carbons (Fsp3) is 0.360. The van der Waals surface area contributed by atoms with Crippen LogP contribution in [-0.4, -0.2) is 56.9 Å². The molecule has 0 saturated heterocycles. The first-order valence-electron chi connectivity index (χ1n) is 10.5. The Morgan fingerprint density at radius 3 is 2.67 bits per heavy atom. The number of nitrogens with two attached hydrogens (primary N) is 1. The van der Waals surface area contributed by atoms with Crippen LogP contribution in [0.25, 0.3) is 0 Å². The molecule has 1 heterocycles. The number of methoxy groups -OCH3 is 1. The summed E-state index contributed by atoms with van der Waals surface area (Å²) in [7, 11) is 5.44. The number of benzene rings is 2. The van der Waals surface area contributed by atoms with Crippen LogP contribution in [0.1, 0.15) is 34.8 Å². The van der Waals surface area contributed by atoms with Gasteiger partial charge in [0.1, 0.15) is 5.75 Å². The normalized spacial score (nSPS) is 16.8. The van der Waals surface area contributed by atoms with Crippen molar-refractivity contribution in [3.8, 4) is 5.75 Å². The fourth-order valence-corrected chi connectivity index (χ4v) is 4.63. The molecule has 3 rings (SSSR count). The number of rotatable bonds is 6. The third kappa shape index (κ3) is 7.00. The number of carbonyl (C=O) groups is 1. The number of halogens is 2. The molecule has 0 spiro atoms. The standard InChI is InChI=1S/C17H24ClN3S.C8H7ClO2/c1-11-16(19)15(5-6-21(11)3)17(20-2)13-7-12(10-22-4)8-14(18)9-13;1-11-7-4-2-3-6(5-10)8(7)9/h7-9,11H,5-6,10,19H2,1-4H3;2-5H,1H3. The lowest BCUT2D eigenvalue weighted by molar-refractivity contribution is 0.112. The maximum Gasteiger partial charge on any atom is 0.151 e. The minimum atomic E-state index is 0.241. The molecule has 1 unspecified atom stereocenters. The molecule has 178 valence electrons. The molecule has 2 N–H and O–H groups in total. The quantitative estimate of drug-likeness (QED) is 0.399. The van der Waals surface area contributed by atoms with Gasteiger partial charge in [0.05, 0.1) is 17.8 Å². The number of aldehydes is 1. The van der Waals surface area contributed by atoms with Crippen molar-refractivity contribution >= 4 is 47.0 Å². The highest BCUT2D eigenvalue weighted by Crippen LogP contribution is 2.27. The van der Waals surface area contributed by atoms with Gasteiger partial charge in [-0.1, -0.05) is 29.3 Å². The van der Waals surface area contributed by atoms with E-state index in [2.05, 4.69) is 36.2 Å². The van der Waals surface area contributed by atoms with Crippen molar-refractivity contribution in [2.24, 2.45) is 10.7 Å². The summed E-state index contributed by atoms with van der Waals surface area (Å²) in [5.41, 5.74) is 12.2. The highest BCUT2D eigenvalue weighted by Gasteiger charge is 2.25. The van der Waals surface area contributed by atoms with E-state index >= 15 is 0 Å². The van der Waals surface area contributed by atoms with Gasteiger partial charge < -0.3 is 10.5 Å². The van der Waals surface area contributed by atoms with Gasteiger partial charge in [0, 0.05) is 47.2 Å². The summed E-state index contributed by atoms with van der Waals surface area (Å²) in [6.45, 7) is 3.13. The number of hydrogen-bond donors (Lipinski definition) is 1. The molecule has 5 nitrogen and oxygen atoms in total. The van der Waals surface area contributed by atoms with Crippen LogP contribution in [0, 0.1) is 0 Å². The van der Waals surface area contributed by atoms with E-state index in [0.29, 0.717) is 22.6 Å². The third-order valence-corrected chi connectivity index (χ3v) is 6.81. The van der Waals surface area contributed by atoms with Gasteiger partial charge in [-0.25, -0.2) is 0 Å². The van der Waals surface area contributed by atoms with Gasteiger partial charge in [0.15, 0.2) is 6.29 Å². The largest absolute Gasteiger partial charge is 0.495 e. The first-order valence-corrected chi connectivity index (χ1v) is 12.6. The lowest BCUT2D eigenvalue weighted by Gasteiger charge is -2.33. The van der Waals surface area contributed by atoms with Crippen molar-refractivity contribution in [2.75, 3.05) is 34.0 Å². The molecule has 0 amide bonds. The number of aliphatic imine (C=N–C) groups is 1. The Morgan fingerprint density at radius 2 is 2.06 bits per heavy atom. The van der Waals surface area contributed by atoms with Gasteiger partial charge in [-0.05, 0) is 68.1 Å². The summed E-state index contributed by atoms with van der Waals surface area (Å²) in [5.74, 6) is 1.47. The van der Waals surface area contributed by atoms with Gasteiger partial charge in [0.2, 0.25) is 0 Å². The zero-order valence-corrected chi connectivity index (χ0v) is 22.0. The smallest absolute Gasteiger partial charge is 0.151 e. The SMILES string of the molecule is CN=C(C1=C(N)C(C)N(C)CC1)c1cc(Cl)cc(CSC)c1.COc1cccc(C=O)c1Cl. The molecule has 0 radical (unpaired) electrons. The van der Waals surface area contributed by atoms with E-state index in [1.54, 1.807) is 30.0 Å². The lowest BCUT2D eigenvalue weighted by Crippen LogP contribution is -2.40. The van der Waals surface area contributed by atoms with Crippen molar-refractivity contribution in [3.05, 3.63) is 74.4 Å². The fourth-order valence-electron chi connectivity index (χ4n) is 3.62. The number of hydrogen-bond acceptors (Lipinski definition) is 6. The number of ether oxygens (including phenoxy) is 1. The minimum Gasteiger partial charge on any atom is -0.495 e. The van der Waals surface area contributed by atoms with E-state index in [1.165, 1.54) is 12.7 Å². The molecule has 33 heavy (non-hydrogen) atoms. The predicted molar refractivity (Wildman–Crippen MR) is 142 cm³/mol. The van der Waals surface area contributed by atoms with Gasteiger partial charge in [-0.15, -0.1) is 0 Å². The van der Waals surface area contributed by atoms with Gasteiger partial charge in [-0.2, -0.15) is 11.8 Å². The van der Waals surface area contributed by atoms with Crippen LogP contribution in [0.5, 0.6) is 5.75 Å². The summed E-state index contributed by atoms with van der Waals surface area (Å²) in [5, 5.41) is 1.12. The second kappa shape index (κ2) is 13.0. The van der Waals surface area contributed by atoms with Crippen molar-refractivity contribution in [3.63, 3.8) is 0 Å². The van der Waals surface area contributed by atoms with Crippen molar-refractivity contribution in [1.82, 2.24) is 4.90 Å². The summed E-state index contributed by atoms with van der Waals surface area (Å²) in [4.78, 5) is 17.2. The second-order valence-corrected chi connectivity index (χ2v) is 9.36. The Bertz CT molecular complexity index is 1040. The molecule has 0 fully saturated rings. The highest BCUT2D eigenvalue weighted by atomic mass is 35.5. The monoisotopic (exact) mass is 507 g/mol. The predicted octanol–water partition coefficient (Wildman–Crippen LogP) is 5.72. The first-order chi connectivity index (χ1) is 15.8. The Kier molecular flexibility index (Phi) is 10.8. The third-order valence-electron chi connectivity index (χ3n) is 5.57. The molecule has 8 heteroatoms. The highest BCUT2D eigenvalue weighted by molar-refractivity contribution is 7.97.